The van der Waals surface area contributed by atoms with Gasteiger partial charge in [0.05, 0.1) is 4.92 Å². The van der Waals surface area contributed by atoms with E-state index < -0.39 is 4.92 Å². The molecule has 0 saturated carbocycles. The third-order valence-electron chi connectivity index (χ3n) is 3.33. The van der Waals surface area contributed by atoms with E-state index >= 15 is 0 Å². The summed E-state index contributed by atoms with van der Waals surface area (Å²) in [5.41, 5.74) is 0.418. The Labute approximate surface area is 121 Å². The second kappa shape index (κ2) is 6.21. The molecule has 1 atom stereocenters. The van der Waals surface area contributed by atoms with E-state index in [1.54, 1.807) is 7.05 Å². The van der Waals surface area contributed by atoms with Crippen LogP contribution in [0, 0.1) is 10.1 Å². The summed E-state index contributed by atoms with van der Waals surface area (Å²) in [5, 5.41) is 19.1. The minimum Gasteiger partial charge on any atom is -0.383 e. The number of carbonyl (C=O) groups is 2. The Balaban J connectivity index is 2.10. The van der Waals surface area contributed by atoms with Crippen LogP contribution < -0.4 is 16.0 Å². The van der Waals surface area contributed by atoms with Crippen molar-refractivity contribution in [2.24, 2.45) is 0 Å². The summed E-state index contributed by atoms with van der Waals surface area (Å²) >= 11 is 0. The Hall–Kier alpha value is -2.64. The van der Waals surface area contributed by atoms with Crippen molar-refractivity contribution in [2.75, 3.05) is 18.9 Å². The number of nitro benzene ring substituents is 1. The van der Waals surface area contributed by atoms with Crippen molar-refractivity contribution in [2.45, 2.75) is 18.9 Å². The zero-order valence-corrected chi connectivity index (χ0v) is 11.5. The van der Waals surface area contributed by atoms with Gasteiger partial charge in [0.1, 0.15) is 5.69 Å². The summed E-state index contributed by atoms with van der Waals surface area (Å²) in [7, 11) is 1.58. The van der Waals surface area contributed by atoms with Crippen LogP contribution in [0.25, 0.3) is 0 Å². The number of carbonyl (C=O) groups excluding carboxylic acids is 2. The van der Waals surface area contributed by atoms with Gasteiger partial charge in [0.15, 0.2) is 0 Å². The van der Waals surface area contributed by atoms with Crippen LogP contribution in [0.4, 0.5) is 11.4 Å². The molecule has 112 valence electrons. The molecular weight excluding hydrogens is 276 g/mol. The monoisotopic (exact) mass is 292 g/mol. The van der Waals surface area contributed by atoms with Gasteiger partial charge in [-0.25, -0.2) is 0 Å². The van der Waals surface area contributed by atoms with Gasteiger partial charge in [-0.3, -0.25) is 19.7 Å². The molecule has 0 aliphatic carbocycles. The van der Waals surface area contributed by atoms with Crippen molar-refractivity contribution in [3.63, 3.8) is 0 Å². The second-order valence-corrected chi connectivity index (χ2v) is 4.75. The number of rotatable bonds is 4. The number of hydrogen-bond acceptors (Lipinski definition) is 5. The van der Waals surface area contributed by atoms with Gasteiger partial charge in [0.25, 0.3) is 11.6 Å². The summed E-state index contributed by atoms with van der Waals surface area (Å²) in [6.07, 6.45) is 0.929. The van der Waals surface area contributed by atoms with Gasteiger partial charge in [-0.15, -0.1) is 0 Å². The molecule has 8 nitrogen and oxygen atoms in total. The topological polar surface area (TPSA) is 113 Å². The van der Waals surface area contributed by atoms with Gasteiger partial charge in [-0.1, -0.05) is 0 Å². The van der Waals surface area contributed by atoms with Crippen LogP contribution in [0.2, 0.25) is 0 Å². The summed E-state index contributed by atoms with van der Waals surface area (Å²) in [4.78, 5) is 33.6. The van der Waals surface area contributed by atoms with Crippen LogP contribution in [0.3, 0.4) is 0 Å². The summed E-state index contributed by atoms with van der Waals surface area (Å²) in [5.74, 6) is -0.420. The van der Waals surface area contributed by atoms with Gasteiger partial charge < -0.3 is 16.0 Å². The lowest BCUT2D eigenvalue weighted by molar-refractivity contribution is -0.384. The highest BCUT2D eigenvalue weighted by atomic mass is 16.6. The summed E-state index contributed by atoms with van der Waals surface area (Å²) < 4.78 is 0. The number of nitrogens with one attached hydrogen (secondary N) is 3. The van der Waals surface area contributed by atoms with E-state index in [-0.39, 0.29) is 29.1 Å². The standard InChI is InChI=1S/C13H16N4O4/c1-14-10-4-2-8(6-11(10)17(20)21)13(19)16-9-3-5-12(18)15-7-9/h2,4,6,9,14H,3,5,7H2,1H3,(H,15,18)(H,16,19). The Kier molecular flexibility index (Phi) is 4.36. The average molecular weight is 292 g/mol. The molecule has 0 aromatic heterocycles. The van der Waals surface area contributed by atoms with Crippen LogP contribution in [-0.2, 0) is 4.79 Å². The molecule has 1 saturated heterocycles. The highest BCUT2D eigenvalue weighted by molar-refractivity contribution is 5.96. The SMILES string of the molecule is CNc1ccc(C(=O)NC2CCC(=O)NC2)cc1[N+](=O)[O-]. The number of anilines is 1. The molecule has 2 amide bonds. The maximum atomic E-state index is 12.1. The van der Waals surface area contributed by atoms with E-state index in [0.717, 1.165) is 0 Å². The Morgan fingerprint density at radius 3 is 2.81 bits per heavy atom. The molecule has 1 unspecified atom stereocenters. The van der Waals surface area contributed by atoms with Crippen molar-refractivity contribution in [3.05, 3.63) is 33.9 Å². The van der Waals surface area contributed by atoms with E-state index in [0.29, 0.717) is 25.1 Å². The minimum atomic E-state index is -0.538. The van der Waals surface area contributed by atoms with Crippen LogP contribution in [-0.4, -0.2) is 36.4 Å². The number of nitro groups is 1. The third-order valence-corrected chi connectivity index (χ3v) is 3.33. The van der Waals surface area contributed by atoms with Gasteiger partial charge in [-0.05, 0) is 18.6 Å². The molecule has 1 aliphatic rings. The minimum absolute atomic E-state index is 0.0329. The maximum Gasteiger partial charge on any atom is 0.293 e. The predicted molar refractivity (Wildman–Crippen MR) is 76.1 cm³/mol. The van der Waals surface area contributed by atoms with E-state index in [1.165, 1.54) is 18.2 Å². The first kappa shape index (κ1) is 14.8. The molecule has 0 radical (unpaired) electrons. The molecular formula is C13H16N4O4. The number of hydrogen-bond donors (Lipinski definition) is 3. The second-order valence-electron chi connectivity index (χ2n) is 4.75. The van der Waals surface area contributed by atoms with Crippen LogP contribution in [0.5, 0.6) is 0 Å². The van der Waals surface area contributed by atoms with Crippen LogP contribution in [0.15, 0.2) is 18.2 Å². The zero-order valence-electron chi connectivity index (χ0n) is 11.5. The molecule has 2 rings (SSSR count). The smallest absolute Gasteiger partial charge is 0.293 e. The Bertz CT molecular complexity index is 578. The van der Waals surface area contributed by atoms with E-state index in [1.807, 2.05) is 0 Å². The molecule has 1 aromatic rings. The highest BCUT2D eigenvalue weighted by Gasteiger charge is 2.22. The first-order valence-corrected chi connectivity index (χ1v) is 6.55. The van der Waals surface area contributed by atoms with Gasteiger partial charge in [0, 0.05) is 37.7 Å². The van der Waals surface area contributed by atoms with Gasteiger partial charge in [-0.2, -0.15) is 0 Å². The van der Waals surface area contributed by atoms with Crippen molar-refractivity contribution >= 4 is 23.2 Å². The lowest BCUT2D eigenvalue weighted by atomic mass is 10.1. The van der Waals surface area contributed by atoms with E-state index in [2.05, 4.69) is 16.0 Å². The first-order chi connectivity index (χ1) is 10.0. The first-order valence-electron chi connectivity index (χ1n) is 6.55. The molecule has 21 heavy (non-hydrogen) atoms. The van der Waals surface area contributed by atoms with Crippen molar-refractivity contribution in [1.29, 1.82) is 0 Å². The molecule has 1 heterocycles. The molecule has 1 aromatic carbocycles. The largest absolute Gasteiger partial charge is 0.383 e. The van der Waals surface area contributed by atoms with Gasteiger partial charge >= 0.3 is 0 Å². The van der Waals surface area contributed by atoms with Crippen LogP contribution in [0.1, 0.15) is 23.2 Å². The fourth-order valence-corrected chi connectivity index (χ4v) is 2.16. The predicted octanol–water partition coefficient (Wildman–Crippen LogP) is 0.645. The molecule has 0 bridgehead atoms. The average Bonchev–Trinajstić information content (AvgIpc) is 2.48. The number of nitrogens with zero attached hydrogens (tertiary/aromatic N) is 1. The number of piperidine rings is 1. The third kappa shape index (κ3) is 3.47. The fraction of sp³-hybridized carbons (Fsp3) is 0.385. The van der Waals surface area contributed by atoms with E-state index in [9.17, 15) is 19.7 Å². The van der Waals surface area contributed by atoms with Gasteiger partial charge in [0.2, 0.25) is 5.91 Å². The lowest BCUT2D eigenvalue weighted by Gasteiger charge is -2.23. The summed E-state index contributed by atoms with van der Waals surface area (Å²) in [6.45, 7) is 0.376. The van der Waals surface area contributed by atoms with Crippen LogP contribution >= 0.6 is 0 Å². The summed E-state index contributed by atoms with van der Waals surface area (Å²) in [6, 6.07) is 4.10. The molecule has 1 fully saturated rings. The molecule has 1 aliphatic heterocycles. The molecule has 0 spiro atoms. The number of benzene rings is 1. The normalized spacial score (nSPS) is 17.8. The zero-order chi connectivity index (χ0) is 15.4. The fourth-order valence-electron chi connectivity index (χ4n) is 2.16. The Morgan fingerprint density at radius 2 is 2.24 bits per heavy atom. The molecule has 8 heteroatoms. The maximum absolute atomic E-state index is 12.1. The van der Waals surface area contributed by atoms with Crippen molar-refractivity contribution in [3.8, 4) is 0 Å². The highest BCUT2D eigenvalue weighted by Crippen LogP contribution is 2.25. The Morgan fingerprint density at radius 1 is 1.48 bits per heavy atom. The van der Waals surface area contributed by atoms with Crippen molar-refractivity contribution in [1.82, 2.24) is 10.6 Å². The lowest BCUT2D eigenvalue weighted by Crippen LogP contribution is -2.47. The number of amides is 2. The van der Waals surface area contributed by atoms with Crippen molar-refractivity contribution < 1.29 is 14.5 Å². The van der Waals surface area contributed by atoms with E-state index in [4.69, 9.17) is 0 Å². The quantitative estimate of drug-likeness (QED) is 0.557. The molecule has 3 N–H and O–H groups in total.